The lowest BCUT2D eigenvalue weighted by Crippen LogP contribution is -2.40. The van der Waals surface area contributed by atoms with Crippen molar-refractivity contribution < 1.29 is 23.9 Å². The largest absolute Gasteiger partial charge is 0.466 e. The lowest BCUT2D eigenvalue weighted by molar-refractivity contribution is -0.139. The minimum atomic E-state index is -0.648. The first kappa shape index (κ1) is 17.2. The predicted octanol–water partition coefficient (Wildman–Crippen LogP) is -0.139. The summed E-state index contributed by atoms with van der Waals surface area (Å²) in [6.07, 6.45) is 5.47. The molecule has 1 rings (SSSR count). The van der Waals surface area contributed by atoms with E-state index in [2.05, 4.69) is 15.0 Å². The summed E-state index contributed by atoms with van der Waals surface area (Å²) in [6, 6.07) is 0. The second-order valence-electron chi connectivity index (χ2n) is 4.71. The number of amides is 1. The molecule has 1 heterocycles. The van der Waals surface area contributed by atoms with Crippen molar-refractivity contribution in [3.05, 3.63) is 12.2 Å². The smallest absolute Gasteiger partial charge is 0.331 e. The fourth-order valence-corrected chi connectivity index (χ4v) is 1.97. The summed E-state index contributed by atoms with van der Waals surface area (Å²) in [5.41, 5.74) is 0. The molecule has 0 unspecified atom stereocenters. The summed E-state index contributed by atoms with van der Waals surface area (Å²) in [4.78, 5) is 35.7. The molecule has 0 aromatic rings. The first-order valence-electron chi connectivity index (χ1n) is 7.03. The van der Waals surface area contributed by atoms with Crippen molar-refractivity contribution in [3.8, 4) is 0 Å². The van der Waals surface area contributed by atoms with Crippen LogP contribution in [0, 0.1) is 0 Å². The normalized spacial score (nSPS) is 15.7. The number of carbonyl (C=O) groups is 3. The van der Waals surface area contributed by atoms with E-state index >= 15 is 0 Å². The molecule has 1 N–H and O–H groups in total. The van der Waals surface area contributed by atoms with Crippen LogP contribution in [-0.2, 0) is 23.9 Å². The van der Waals surface area contributed by atoms with Gasteiger partial charge in [0.15, 0.2) is 0 Å². The molecule has 0 saturated carbocycles. The molecular weight excluding hydrogens is 276 g/mol. The number of nitrogens with zero attached hydrogens (tertiary/aromatic N) is 1. The number of piperidine rings is 1. The molecule has 0 aromatic carbocycles. The average Bonchev–Trinajstić information content (AvgIpc) is 2.50. The van der Waals surface area contributed by atoms with Gasteiger partial charge in [-0.05, 0) is 25.9 Å². The molecule has 0 bridgehead atoms. The molecular formula is C14H22N2O5. The second kappa shape index (κ2) is 9.93. The highest BCUT2D eigenvalue weighted by Gasteiger charge is 2.13. The van der Waals surface area contributed by atoms with Crippen molar-refractivity contribution in [1.82, 2.24) is 10.2 Å². The quantitative estimate of drug-likeness (QED) is 0.400. The van der Waals surface area contributed by atoms with Crippen LogP contribution in [-0.4, -0.2) is 62.6 Å². The number of hydrogen-bond acceptors (Lipinski definition) is 6. The van der Waals surface area contributed by atoms with E-state index < -0.39 is 11.9 Å². The minimum absolute atomic E-state index is 0.0656. The van der Waals surface area contributed by atoms with Crippen LogP contribution in [0.4, 0.5) is 0 Å². The second-order valence-corrected chi connectivity index (χ2v) is 4.71. The average molecular weight is 298 g/mol. The van der Waals surface area contributed by atoms with E-state index in [9.17, 15) is 14.4 Å². The SMILES string of the molecule is COC(=O)/C=C/C(=O)OCCNC(=O)CN1CCCCC1. The van der Waals surface area contributed by atoms with Gasteiger partial charge in [0.2, 0.25) is 5.91 Å². The van der Waals surface area contributed by atoms with Gasteiger partial charge in [-0.3, -0.25) is 9.69 Å². The fraction of sp³-hybridized carbons (Fsp3) is 0.643. The Morgan fingerprint density at radius 2 is 1.76 bits per heavy atom. The Hall–Kier alpha value is -1.89. The van der Waals surface area contributed by atoms with Crippen molar-refractivity contribution >= 4 is 17.8 Å². The molecule has 1 aliphatic heterocycles. The van der Waals surface area contributed by atoms with E-state index in [1.165, 1.54) is 13.5 Å². The van der Waals surface area contributed by atoms with Gasteiger partial charge < -0.3 is 14.8 Å². The highest BCUT2D eigenvalue weighted by Crippen LogP contribution is 2.07. The minimum Gasteiger partial charge on any atom is -0.466 e. The zero-order chi connectivity index (χ0) is 15.5. The van der Waals surface area contributed by atoms with Crippen LogP contribution in [0.5, 0.6) is 0 Å². The molecule has 0 radical (unpaired) electrons. The van der Waals surface area contributed by atoms with Gasteiger partial charge in [0.25, 0.3) is 0 Å². The zero-order valence-electron chi connectivity index (χ0n) is 12.3. The number of hydrogen-bond donors (Lipinski definition) is 1. The van der Waals surface area contributed by atoms with Crippen LogP contribution < -0.4 is 5.32 Å². The van der Waals surface area contributed by atoms with Crippen LogP contribution in [0.1, 0.15) is 19.3 Å². The fourth-order valence-electron chi connectivity index (χ4n) is 1.97. The van der Waals surface area contributed by atoms with Crippen molar-refractivity contribution in [1.29, 1.82) is 0 Å². The number of ether oxygens (including phenoxy) is 2. The number of nitrogens with one attached hydrogen (secondary N) is 1. The Kier molecular flexibility index (Phi) is 8.11. The molecule has 0 atom stereocenters. The highest BCUT2D eigenvalue weighted by molar-refractivity contribution is 5.91. The number of rotatable bonds is 7. The lowest BCUT2D eigenvalue weighted by Gasteiger charge is -2.25. The summed E-state index contributed by atoms with van der Waals surface area (Å²) in [6.45, 7) is 2.62. The summed E-state index contributed by atoms with van der Waals surface area (Å²) >= 11 is 0. The number of methoxy groups -OCH3 is 1. The Labute approximate surface area is 124 Å². The Bertz CT molecular complexity index is 389. The molecule has 1 aliphatic rings. The van der Waals surface area contributed by atoms with Crippen LogP contribution in [0.2, 0.25) is 0 Å². The molecule has 7 heteroatoms. The molecule has 0 spiro atoms. The summed E-state index contributed by atoms with van der Waals surface area (Å²) < 4.78 is 9.15. The van der Waals surface area contributed by atoms with Gasteiger partial charge >= 0.3 is 11.9 Å². The Morgan fingerprint density at radius 1 is 1.10 bits per heavy atom. The first-order chi connectivity index (χ1) is 10.1. The van der Waals surface area contributed by atoms with E-state index in [4.69, 9.17) is 4.74 Å². The Morgan fingerprint density at radius 3 is 2.43 bits per heavy atom. The molecule has 118 valence electrons. The van der Waals surface area contributed by atoms with E-state index in [-0.39, 0.29) is 19.1 Å². The molecule has 1 amide bonds. The maximum absolute atomic E-state index is 11.6. The van der Waals surface area contributed by atoms with Crippen LogP contribution >= 0.6 is 0 Å². The van der Waals surface area contributed by atoms with Crippen molar-refractivity contribution in [2.24, 2.45) is 0 Å². The standard InChI is InChI=1S/C14H22N2O5/c1-20-13(18)5-6-14(19)21-10-7-15-12(17)11-16-8-3-2-4-9-16/h5-6H,2-4,7-11H2,1H3,(H,15,17)/b6-5+. The van der Waals surface area contributed by atoms with Crippen molar-refractivity contribution in [3.63, 3.8) is 0 Å². The molecule has 1 saturated heterocycles. The maximum atomic E-state index is 11.6. The van der Waals surface area contributed by atoms with Crippen LogP contribution in [0.25, 0.3) is 0 Å². The van der Waals surface area contributed by atoms with E-state index in [0.717, 1.165) is 38.1 Å². The van der Waals surface area contributed by atoms with Gasteiger partial charge in [0.1, 0.15) is 6.61 Å². The third kappa shape index (κ3) is 8.09. The number of likely N-dealkylation sites (tertiary alicyclic amines) is 1. The first-order valence-corrected chi connectivity index (χ1v) is 7.03. The molecule has 0 aliphatic carbocycles. The number of carbonyl (C=O) groups excluding carboxylic acids is 3. The Balaban J connectivity index is 2.07. The van der Waals surface area contributed by atoms with Gasteiger partial charge in [0.05, 0.1) is 20.2 Å². The van der Waals surface area contributed by atoms with E-state index in [1.54, 1.807) is 0 Å². The van der Waals surface area contributed by atoms with Crippen LogP contribution in [0.3, 0.4) is 0 Å². The van der Waals surface area contributed by atoms with Gasteiger partial charge in [-0.15, -0.1) is 0 Å². The molecule has 21 heavy (non-hydrogen) atoms. The summed E-state index contributed by atoms with van der Waals surface area (Å²) in [5.74, 6) is -1.34. The maximum Gasteiger partial charge on any atom is 0.331 e. The van der Waals surface area contributed by atoms with Gasteiger partial charge in [-0.25, -0.2) is 9.59 Å². The number of esters is 2. The molecule has 0 aromatic heterocycles. The predicted molar refractivity (Wildman–Crippen MR) is 75.4 cm³/mol. The van der Waals surface area contributed by atoms with Gasteiger partial charge in [-0.1, -0.05) is 6.42 Å². The van der Waals surface area contributed by atoms with Gasteiger partial charge in [0, 0.05) is 12.2 Å². The topological polar surface area (TPSA) is 84.9 Å². The lowest BCUT2D eigenvalue weighted by atomic mass is 10.1. The van der Waals surface area contributed by atoms with Crippen LogP contribution in [0.15, 0.2) is 12.2 Å². The van der Waals surface area contributed by atoms with E-state index in [1.807, 2.05) is 0 Å². The third-order valence-corrected chi connectivity index (χ3v) is 3.04. The molecule has 1 fully saturated rings. The molecule has 7 nitrogen and oxygen atoms in total. The summed E-state index contributed by atoms with van der Waals surface area (Å²) in [5, 5.41) is 2.69. The van der Waals surface area contributed by atoms with Crippen molar-refractivity contribution in [2.45, 2.75) is 19.3 Å². The summed E-state index contributed by atoms with van der Waals surface area (Å²) in [7, 11) is 1.22. The highest BCUT2D eigenvalue weighted by atomic mass is 16.5. The van der Waals surface area contributed by atoms with Crippen molar-refractivity contribution in [2.75, 3.05) is 39.9 Å². The third-order valence-electron chi connectivity index (χ3n) is 3.04. The van der Waals surface area contributed by atoms with E-state index in [0.29, 0.717) is 6.54 Å². The monoisotopic (exact) mass is 298 g/mol. The van der Waals surface area contributed by atoms with Gasteiger partial charge in [-0.2, -0.15) is 0 Å². The zero-order valence-corrected chi connectivity index (χ0v) is 12.3.